The quantitative estimate of drug-likeness (QED) is 0.444. The van der Waals surface area contributed by atoms with Gasteiger partial charge in [0, 0.05) is 22.3 Å². The number of hydrogen-bond acceptors (Lipinski definition) is 4. The molecule has 2 fully saturated rings. The Morgan fingerprint density at radius 3 is 1.09 bits per heavy atom. The van der Waals surface area contributed by atoms with Crippen LogP contribution in [0.3, 0.4) is 0 Å². The van der Waals surface area contributed by atoms with Crippen LogP contribution in [0.1, 0.15) is 22.3 Å². The lowest BCUT2D eigenvalue weighted by Crippen LogP contribution is -2.03. The second-order valence-electron chi connectivity index (χ2n) is 7.66. The molecule has 3 aromatic carbocycles. The van der Waals surface area contributed by atoms with E-state index in [9.17, 15) is 0 Å². The molecule has 0 bridgehead atoms. The third-order valence-corrected chi connectivity index (χ3v) is 4.97. The highest BCUT2D eigenvalue weighted by atomic mass is 16.6. The molecule has 0 saturated carbocycles. The van der Waals surface area contributed by atoms with E-state index < -0.39 is 0 Å². The van der Waals surface area contributed by atoms with Gasteiger partial charge in [0.1, 0.15) is 36.9 Å². The van der Waals surface area contributed by atoms with Gasteiger partial charge in [0.15, 0.2) is 0 Å². The highest BCUT2D eigenvalue weighted by Gasteiger charge is 2.23. The average Bonchev–Trinajstić information content (AvgIpc) is 3.76. The molecule has 2 aliphatic heterocycles. The van der Waals surface area contributed by atoms with Gasteiger partial charge in [0.05, 0.1) is 13.2 Å². The van der Waals surface area contributed by atoms with Gasteiger partial charge in [-0.05, 0) is 72.8 Å². The number of ether oxygens (including phenoxy) is 4. The van der Waals surface area contributed by atoms with E-state index in [1.165, 1.54) is 0 Å². The summed E-state index contributed by atoms with van der Waals surface area (Å²) in [7, 11) is 0. The van der Waals surface area contributed by atoms with Gasteiger partial charge in [0.2, 0.25) is 0 Å². The molecule has 158 valence electrons. The largest absolute Gasteiger partial charge is 0.491 e. The summed E-state index contributed by atoms with van der Waals surface area (Å²) in [6, 6.07) is 23.5. The Bertz CT molecular complexity index is 1070. The van der Waals surface area contributed by atoms with Crippen molar-refractivity contribution in [3.63, 3.8) is 0 Å². The van der Waals surface area contributed by atoms with Crippen LogP contribution in [0.25, 0.3) is 0 Å². The van der Waals surface area contributed by atoms with Gasteiger partial charge in [-0.25, -0.2) is 0 Å². The summed E-state index contributed by atoms with van der Waals surface area (Å²) >= 11 is 0. The Morgan fingerprint density at radius 2 is 0.812 bits per heavy atom. The summed E-state index contributed by atoms with van der Waals surface area (Å²) in [5.41, 5.74) is 3.78. The Kier molecular flexibility index (Phi) is 6.08. The van der Waals surface area contributed by atoms with E-state index in [1.807, 2.05) is 72.8 Å². The summed E-state index contributed by atoms with van der Waals surface area (Å²) in [6.07, 6.45) is 0.518. The molecule has 3 aromatic rings. The van der Waals surface area contributed by atoms with Crippen molar-refractivity contribution >= 4 is 0 Å². The summed E-state index contributed by atoms with van der Waals surface area (Å²) in [4.78, 5) is 0. The predicted molar refractivity (Wildman–Crippen MR) is 122 cm³/mol. The maximum Gasteiger partial charge on any atom is 0.119 e. The fourth-order valence-corrected chi connectivity index (χ4v) is 2.90. The standard InChI is InChI=1S/C28H22O4/c1-2-22(6-8-24-11-15-26(16-12-24)30-18-28-20-32-28)4-3-21(1)5-7-23-9-13-25(14-10-23)29-17-27-19-31-27/h1-4,9-16,27-28H,17-20H2. The molecule has 2 unspecified atom stereocenters. The van der Waals surface area contributed by atoms with Crippen LogP contribution in [0.5, 0.6) is 11.5 Å². The Morgan fingerprint density at radius 1 is 0.531 bits per heavy atom. The fourth-order valence-electron chi connectivity index (χ4n) is 2.90. The van der Waals surface area contributed by atoms with Crippen molar-refractivity contribution < 1.29 is 18.9 Å². The molecule has 4 heteroatoms. The number of hydrogen-bond donors (Lipinski definition) is 0. The first-order valence-electron chi connectivity index (χ1n) is 10.6. The van der Waals surface area contributed by atoms with E-state index in [4.69, 9.17) is 18.9 Å². The number of benzene rings is 3. The summed E-state index contributed by atoms with van der Waals surface area (Å²) in [5, 5.41) is 0. The summed E-state index contributed by atoms with van der Waals surface area (Å²) < 4.78 is 21.6. The van der Waals surface area contributed by atoms with Gasteiger partial charge in [-0.1, -0.05) is 23.7 Å². The summed E-state index contributed by atoms with van der Waals surface area (Å²) in [6.45, 7) is 2.81. The molecule has 2 saturated heterocycles. The molecule has 5 rings (SSSR count). The van der Waals surface area contributed by atoms with Crippen molar-refractivity contribution in [1.29, 1.82) is 0 Å². The van der Waals surface area contributed by atoms with Gasteiger partial charge in [-0.2, -0.15) is 0 Å². The zero-order valence-corrected chi connectivity index (χ0v) is 17.5. The van der Waals surface area contributed by atoms with E-state index in [0.717, 1.165) is 47.0 Å². The third-order valence-electron chi connectivity index (χ3n) is 4.97. The van der Waals surface area contributed by atoms with E-state index in [1.54, 1.807) is 0 Å². The van der Waals surface area contributed by atoms with Crippen molar-refractivity contribution in [2.45, 2.75) is 12.2 Å². The molecule has 0 radical (unpaired) electrons. The van der Waals surface area contributed by atoms with Crippen molar-refractivity contribution in [3.05, 3.63) is 95.1 Å². The van der Waals surface area contributed by atoms with Crippen LogP contribution >= 0.6 is 0 Å². The van der Waals surface area contributed by atoms with Gasteiger partial charge in [-0.3, -0.25) is 0 Å². The van der Waals surface area contributed by atoms with E-state index in [0.29, 0.717) is 13.2 Å². The van der Waals surface area contributed by atoms with Crippen LogP contribution in [0.15, 0.2) is 72.8 Å². The lowest BCUT2D eigenvalue weighted by molar-refractivity contribution is 0.263. The SMILES string of the molecule is C(#Cc1ccc(OCC2CO2)cc1)c1ccc(C#Cc2ccc(OCC3CO3)cc2)cc1. The molecule has 0 aliphatic carbocycles. The maximum atomic E-state index is 5.65. The van der Waals surface area contributed by atoms with Crippen LogP contribution in [-0.2, 0) is 9.47 Å². The van der Waals surface area contributed by atoms with Crippen LogP contribution < -0.4 is 9.47 Å². The lowest BCUT2D eigenvalue weighted by Gasteiger charge is -2.03. The minimum Gasteiger partial charge on any atom is -0.491 e. The third kappa shape index (κ3) is 6.15. The van der Waals surface area contributed by atoms with Gasteiger partial charge >= 0.3 is 0 Å². The maximum absolute atomic E-state index is 5.65. The molecule has 4 nitrogen and oxygen atoms in total. The molecule has 2 aliphatic rings. The van der Waals surface area contributed by atoms with Gasteiger partial charge in [-0.15, -0.1) is 0 Å². The first-order valence-corrected chi connectivity index (χ1v) is 10.6. The molecule has 0 aromatic heterocycles. The van der Waals surface area contributed by atoms with Crippen molar-refractivity contribution in [2.75, 3.05) is 26.4 Å². The van der Waals surface area contributed by atoms with Crippen molar-refractivity contribution in [2.24, 2.45) is 0 Å². The normalized spacial score (nSPS) is 17.9. The topological polar surface area (TPSA) is 43.5 Å². The van der Waals surface area contributed by atoms with Crippen LogP contribution in [0, 0.1) is 23.7 Å². The van der Waals surface area contributed by atoms with Crippen LogP contribution in [0.2, 0.25) is 0 Å². The van der Waals surface area contributed by atoms with Crippen molar-refractivity contribution in [1.82, 2.24) is 0 Å². The second-order valence-corrected chi connectivity index (χ2v) is 7.66. The molecule has 32 heavy (non-hydrogen) atoms. The predicted octanol–water partition coefficient (Wildman–Crippen LogP) is 4.04. The Hall–Kier alpha value is -3.70. The Balaban J connectivity index is 1.15. The minimum absolute atomic E-state index is 0.259. The highest BCUT2D eigenvalue weighted by molar-refractivity contribution is 5.48. The molecular weight excluding hydrogens is 400 g/mol. The molecule has 0 spiro atoms. The molecular formula is C28H22O4. The van der Waals surface area contributed by atoms with E-state index >= 15 is 0 Å². The second kappa shape index (κ2) is 9.62. The van der Waals surface area contributed by atoms with Crippen molar-refractivity contribution in [3.8, 4) is 35.2 Å². The monoisotopic (exact) mass is 422 g/mol. The molecule has 2 atom stereocenters. The zero-order chi connectivity index (χ0) is 21.6. The molecule has 0 N–H and O–H groups in total. The molecule has 0 amide bonds. The lowest BCUT2D eigenvalue weighted by atomic mass is 10.1. The van der Waals surface area contributed by atoms with Gasteiger partial charge in [0.25, 0.3) is 0 Å². The first-order chi connectivity index (χ1) is 15.8. The Labute approximate surface area is 188 Å². The van der Waals surface area contributed by atoms with Crippen LogP contribution in [0.4, 0.5) is 0 Å². The van der Waals surface area contributed by atoms with Gasteiger partial charge < -0.3 is 18.9 Å². The van der Waals surface area contributed by atoms with Crippen LogP contribution in [-0.4, -0.2) is 38.6 Å². The highest BCUT2D eigenvalue weighted by Crippen LogP contribution is 2.17. The minimum atomic E-state index is 0.259. The van der Waals surface area contributed by atoms with E-state index in [2.05, 4.69) is 23.7 Å². The fraction of sp³-hybridized carbons (Fsp3) is 0.214. The number of rotatable bonds is 6. The number of epoxide rings is 2. The zero-order valence-electron chi connectivity index (χ0n) is 17.5. The molecule has 2 heterocycles. The average molecular weight is 422 g/mol. The smallest absolute Gasteiger partial charge is 0.119 e. The summed E-state index contributed by atoms with van der Waals surface area (Å²) in [5.74, 6) is 14.4. The van der Waals surface area contributed by atoms with E-state index in [-0.39, 0.29) is 12.2 Å². The first kappa shape index (κ1) is 20.2.